The minimum Gasteiger partial charge on any atom is -0.329 e. The largest absolute Gasteiger partial charge is 0.397 e. The van der Waals surface area contributed by atoms with Gasteiger partial charge in [0, 0.05) is 16.3 Å². The molecule has 0 saturated carbocycles. The van der Waals surface area contributed by atoms with Gasteiger partial charge in [0.2, 0.25) is 0 Å². The number of thiophene rings is 1. The van der Waals surface area contributed by atoms with Crippen LogP contribution in [-0.2, 0) is 0 Å². The van der Waals surface area contributed by atoms with E-state index in [4.69, 9.17) is 5.73 Å². The van der Waals surface area contributed by atoms with Crippen molar-refractivity contribution in [1.82, 2.24) is 0 Å². The molecule has 18 heavy (non-hydrogen) atoms. The third-order valence-electron chi connectivity index (χ3n) is 2.66. The molecule has 0 aliphatic carbocycles. The monoisotopic (exact) mass is 271 g/mol. The van der Waals surface area contributed by atoms with E-state index in [1.807, 2.05) is 30.3 Å². The van der Waals surface area contributed by atoms with Crippen LogP contribution in [0.25, 0.3) is 10.4 Å². The summed E-state index contributed by atoms with van der Waals surface area (Å²) in [6.45, 7) is -0.418. The maximum absolute atomic E-state index is 12.7. The Hall–Kier alpha value is -1.33. The number of halogens is 3. The molecular formula is C13H12F3NS. The molecule has 1 aromatic carbocycles. The van der Waals surface area contributed by atoms with Gasteiger partial charge in [-0.2, -0.15) is 13.2 Å². The molecule has 1 aromatic heterocycles. The highest BCUT2D eigenvalue weighted by molar-refractivity contribution is 7.15. The molecule has 1 nitrogen and oxygen atoms in total. The average molecular weight is 271 g/mol. The Labute approximate surface area is 107 Å². The number of benzene rings is 1. The van der Waals surface area contributed by atoms with E-state index in [1.54, 1.807) is 6.07 Å². The molecule has 0 aliphatic rings. The van der Waals surface area contributed by atoms with Crippen LogP contribution in [0.5, 0.6) is 0 Å². The summed E-state index contributed by atoms with van der Waals surface area (Å²) in [4.78, 5) is 1.09. The van der Waals surface area contributed by atoms with E-state index >= 15 is 0 Å². The van der Waals surface area contributed by atoms with Crippen molar-refractivity contribution in [2.24, 2.45) is 5.73 Å². The minimum atomic E-state index is -4.28. The fraction of sp³-hybridized carbons (Fsp3) is 0.231. The van der Waals surface area contributed by atoms with E-state index in [9.17, 15) is 13.2 Å². The Balaban J connectivity index is 2.31. The lowest BCUT2D eigenvalue weighted by Crippen LogP contribution is -2.27. The first kappa shape index (κ1) is 13.1. The number of rotatable bonds is 3. The van der Waals surface area contributed by atoms with Gasteiger partial charge in [-0.15, -0.1) is 11.3 Å². The van der Waals surface area contributed by atoms with Crippen LogP contribution in [0.1, 0.15) is 10.8 Å². The molecule has 5 heteroatoms. The van der Waals surface area contributed by atoms with Crippen molar-refractivity contribution in [3.05, 3.63) is 47.3 Å². The van der Waals surface area contributed by atoms with Crippen molar-refractivity contribution in [2.75, 3.05) is 6.54 Å². The lowest BCUT2D eigenvalue weighted by atomic mass is 10.1. The van der Waals surface area contributed by atoms with E-state index in [1.165, 1.54) is 6.07 Å². The summed E-state index contributed by atoms with van der Waals surface area (Å²) >= 11 is 1.15. The molecule has 1 heterocycles. The molecule has 2 N–H and O–H groups in total. The van der Waals surface area contributed by atoms with Crippen LogP contribution in [0.2, 0.25) is 0 Å². The SMILES string of the molecule is NCC(c1ccc(-c2ccccc2)s1)C(F)(F)F. The van der Waals surface area contributed by atoms with Gasteiger partial charge in [-0.1, -0.05) is 30.3 Å². The first-order chi connectivity index (χ1) is 8.52. The molecule has 2 rings (SSSR count). The molecule has 0 bridgehead atoms. The van der Waals surface area contributed by atoms with Crippen molar-refractivity contribution < 1.29 is 13.2 Å². The molecule has 1 unspecified atom stereocenters. The maximum Gasteiger partial charge on any atom is 0.397 e. The van der Waals surface area contributed by atoms with Gasteiger partial charge in [0.15, 0.2) is 0 Å². The van der Waals surface area contributed by atoms with Crippen LogP contribution in [0.3, 0.4) is 0 Å². The first-order valence-corrected chi connectivity index (χ1v) is 6.26. The molecular weight excluding hydrogens is 259 g/mol. The summed E-state index contributed by atoms with van der Waals surface area (Å²) in [5.41, 5.74) is 6.15. The topological polar surface area (TPSA) is 26.0 Å². The predicted molar refractivity (Wildman–Crippen MR) is 67.6 cm³/mol. The van der Waals surface area contributed by atoms with Gasteiger partial charge in [-0.25, -0.2) is 0 Å². The summed E-state index contributed by atoms with van der Waals surface area (Å²) in [5, 5.41) is 0. The molecule has 0 saturated heterocycles. The Morgan fingerprint density at radius 3 is 2.28 bits per heavy atom. The minimum absolute atomic E-state index is 0.267. The second-order valence-corrected chi connectivity index (χ2v) is 5.01. The fourth-order valence-electron chi connectivity index (χ4n) is 1.71. The number of hydrogen-bond acceptors (Lipinski definition) is 2. The normalized spacial score (nSPS) is 13.6. The molecule has 2 aromatic rings. The van der Waals surface area contributed by atoms with Crippen LogP contribution >= 0.6 is 11.3 Å². The van der Waals surface area contributed by atoms with Gasteiger partial charge >= 0.3 is 6.18 Å². The number of nitrogens with two attached hydrogens (primary N) is 1. The number of hydrogen-bond donors (Lipinski definition) is 1. The first-order valence-electron chi connectivity index (χ1n) is 5.44. The second-order valence-electron chi connectivity index (χ2n) is 3.90. The smallest absolute Gasteiger partial charge is 0.329 e. The lowest BCUT2D eigenvalue weighted by Gasteiger charge is -2.16. The number of alkyl halides is 3. The van der Waals surface area contributed by atoms with Gasteiger partial charge in [0.05, 0.1) is 0 Å². The van der Waals surface area contributed by atoms with Gasteiger partial charge < -0.3 is 5.73 Å². The van der Waals surface area contributed by atoms with Crippen LogP contribution < -0.4 is 5.73 Å². The average Bonchev–Trinajstić information content (AvgIpc) is 2.78. The quantitative estimate of drug-likeness (QED) is 0.896. The van der Waals surface area contributed by atoms with Crippen molar-refractivity contribution >= 4 is 11.3 Å². The highest BCUT2D eigenvalue weighted by Crippen LogP contribution is 2.39. The Morgan fingerprint density at radius 1 is 1.06 bits per heavy atom. The van der Waals surface area contributed by atoms with Gasteiger partial charge in [-0.3, -0.25) is 0 Å². The van der Waals surface area contributed by atoms with Crippen molar-refractivity contribution in [3.8, 4) is 10.4 Å². The third kappa shape index (κ3) is 2.73. The molecule has 0 aliphatic heterocycles. The summed E-state index contributed by atoms with van der Waals surface area (Å²) < 4.78 is 38.2. The zero-order valence-corrected chi connectivity index (χ0v) is 10.3. The third-order valence-corrected chi connectivity index (χ3v) is 3.91. The van der Waals surface area contributed by atoms with Crippen LogP contribution in [0, 0.1) is 0 Å². The zero-order valence-electron chi connectivity index (χ0n) is 9.45. The standard InChI is InChI=1S/C13H12F3NS/c14-13(15,16)10(8-17)12-7-6-11(18-12)9-4-2-1-3-5-9/h1-7,10H,8,17H2. The van der Waals surface area contributed by atoms with Gasteiger partial charge in [0.1, 0.15) is 5.92 Å². The van der Waals surface area contributed by atoms with Crippen molar-refractivity contribution in [3.63, 3.8) is 0 Å². The Kier molecular flexibility index (Phi) is 3.73. The van der Waals surface area contributed by atoms with Gasteiger partial charge in [-0.05, 0) is 17.7 Å². The van der Waals surface area contributed by atoms with Crippen LogP contribution in [-0.4, -0.2) is 12.7 Å². The molecule has 0 spiro atoms. The highest BCUT2D eigenvalue weighted by atomic mass is 32.1. The molecule has 0 radical (unpaired) electrons. The summed E-state index contributed by atoms with van der Waals surface area (Å²) in [6.07, 6.45) is -4.28. The molecule has 1 atom stereocenters. The Bertz CT molecular complexity index is 504. The highest BCUT2D eigenvalue weighted by Gasteiger charge is 2.40. The zero-order chi connectivity index (χ0) is 13.2. The molecule has 0 amide bonds. The molecule has 0 fully saturated rings. The van der Waals surface area contributed by atoms with Gasteiger partial charge in [0.25, 0.3) is 0 Å². The van der Waals surface area contributed by atoms with E-state index in [2.05, 4.69) is 0 Å². The van der Waals surface area contributed by atoms with E-state index < -0.39 is 18.6 Å². The second kappa shape index (κ2) is 5.12. The summed E-state index contributed by atoms with van der Waals surface area (Å²) in [5.74, 6) is -1.57. The summed E-state index contributed by atoms with van der Waals surface area (Å²) in [7, 11) is 0. The van der Waals surface area contributed by atoms with Crippen molar-refractivity contribution in [1.29, 1.82) is 0 Å². The maximum atomic E-state index is 12.7. The van der Waals surface area contributed by atoms with E-state index in [0.29, 0.717) is 0 Å². The fourth-order valence-corrected chi connectivity index (χ4v) is 2.86. The van der Waals surface area contributed by atoms with E-state index in [-0.39, 0.29) is 4.88 Å². The lowest BCUT2D eigenvalue weighted by molar-refractivity contribution is -0.147. The van der Waals surface area contributed by atoms with E-state index in [0.717, 1.165) is 21.8 Å². The Morgan fingerprint density at radius 2 is 1.72 bits per heavy atom. The van der Waals surface area contributed by atoms with Crippen LogP contribution in [0.15, 0.2) is 42.5 Å². The summed E-state index contributed by atoms with van der Waals surface area (Å²) in [6, 6.07) is 12.6. The van der Waals surface area contributed by atoms with Crippen LogP contribution in [0.4, 0.5) is 13.2 Å². The van der Waals surface area contributed by atoms with Crippen molar-refractivity contribution in [2.45, 2.75) is 12.1 Å². The molecule has 96 valence electrons. The predicted octanol–water partition coefficient (Wildman–Crippen LogP) is 4.02.